The van der Waals surface area contributed by atoms with E-state index in [1.54, 1.807) is 20.8 Å². The fraction of sp³-hybridized carbons (Fsp3) is 0.846. The van der Waals surface area contributed by atoms with Crippen molar-refractivity contribution in [3.8, 4) is 0 Å². The summed E-state index contributed by atoms with van der Waals surface area (Å²) in [5, 5.41) is 10.2. The highest BCUT2D eigenvalue weighted by Crippen LogP contribution is 2.22. The molecule has 2 fully saturated rings. The summed E-state index contributed by atoms with van der Waals surface area (Å²) in [6, 6.07) is -0.288. The summed E-state index contributed by atoms with van der Waals surface area (Å²) in [6.07, 6.45) is -1.07. The molecule has 2 saturated heterocycles. The number of piperidine rings is 1. The lowest BCUT2D eigenvalue weighted by Crippen LogP contribution is -2.56. The summed E-state index contributed by atoms with van der Waals surface area (Å²) in [6.45, 7) is 6.88. The number of hydrogen-bond donors (Lipinski definition) is 1. The van der Waals surface area contributed by atoms with Gasteiger partial charge in [0.15, 0.2) is 0 Å². The molecule has 7 heteroatoms. The zero-order valence-corrected chi connectivity index (χ0v) is 12.2. The molecule has 1 N–H and O–H groups in total. The first kappa shape index (κ1) is 14.9. The largest absolute Gasteiger partial charge is 0.448 e. The molecule has 0 aliphatic carbocycles. The van der Waals surface area contributed by atoms with Gasteiger partial charge in [-0.2, -0.15) is 0 Å². The van der Waals surface area contributed by atoms with Crippen molar-refractivity contribution in [3.63, 3.8) is 0 Å². The Morgan fingerprint density at radius 2 is 2.10 bits per heavy atom. The molecule has 0 unspecified atom stereocenters. The number of likely N-dealkylation sites (tertiary alicyclic amines) is 1. The number of carbonyl (C=O) groups is 2. The molecule has 20 heavy (non-hydrogen) atoms. The van der Waals surface area contributed by atoms with Crippen molar-refractivity contribution in [1.29, 1.82) is 0 Å². The molecule has 0 aromatic carbocycles. The molecule has 114 valence electrons. The van der Waals surface area contributed by atoms with Gasteiger partial charge in [-0.05, 0) is 27.2 Å². The van der Waals surface area contributed by atoms with Crippen molar-refractivity contribution in [2.45, 2.75) is 44.9 Å². The fourth-order valence-corrected chi connectivity index (χ4v) is 2.48. The SMILES string of the molecule is CC(C)(C)OC(=O)N1CC[C@H](N2CCOC2=O)[C@@H](O)C1. The van der Waals surface area contributed by atoms with Gasteiger partial charge in [-0.15, -0.1) is 0 Å². The molecule has 2 aliphatic rings. The maximum Gasteiger partial charge on any atom is 0.410 e. The van der Waals surface area contributed by atoms with Crippen LogP contribution in [0.15, 0.2) is 0 Å². The number of nitrogens with zero attached hydrogens (tertiary/aromatic N) is 2. The summed E-state index contributed by atoms with van der Waals surface area (Å²) < 4.78 is 10.2. The number of ether oxygens (including phenoxy) is 2. The van der Waals surface area contributed by atoms with Crippen LogP contribution in [-0.4, -0.2) is 71.1 Å². The summed E-state index contributed by atoms with van der Waals surface area (Å²) in [7, 11) is 0. The molecule has 0 aromatic rings. The minimum atomic E-state index is -0.776. The quantitative estimate of drug-likeness (QED) is 0.771. The third-order valence-corrected chi connectivity index (χ3v) is 3.39. The van der Waals surface area contributed by atoms with Crippen LogP contribution in [0.4, 0.5) is 9.59 Å². The Morgan fingerprint density at radius 3 is 2.60 bits per heavy atom. The van der Waals surface area contributed by atoms with Crippen LogP contribution < -0.4 is 0 Å². The van der Waals surface area contributed by atoms with E-state index in [4.69, 9.17) is 9.47 Å². The van der Waals surface area contributed by atoms with Gasteiger partial charge in [0.1, 0.15) is 12.2 Å². The number of amides is 2. The average Bonchev–Trinajstić information content (AvgIpc) is 2.73. The van der Waals surface area contributed by atoms with E-state index in [-0.39, 0.29) is 18.7 Å². The number of aliphatic hydroxyl groups is 1. The maximum absolute atomic E-state index is 11.9. The van der Waals surface area contributed by atoms with Crippen LogP contribution in [0, 0.1) is 0 Å². The molecule has 0 bridgehead atoms. The van der Waals surface area contributed by atoms with Crippen molar-refractivity contribution in [2.75, 3.05) is 26.2 Å². The van der Waals surface area contributed by atoms with Gasteiger partial charge in [0.05, 0.1) is 25.2 Å². The van der Waals surface area contributed by atoms with Crippen LogP contribution in [0.2, 0.25) is 0 Å². The van der Waals surface area contributed by atoms with Crippen molar-refractivity contribution in [3.05, 3.63) is 0 Å². The molecule has 7 nitrogen and oxygen atoms in total. The zero-order chi connectivity index (χ0) is 14.9. The molecule has 0 spiro atoms. The van der Waals surface area contributed by atoms with E-state index in [0.29, 0.717) is 26.1 Å². The Bertz CT molecular complexity index is 393. The third-order valence-electron chi connectivity index (χ3n) is 3.39. The smallest absolute Gasteiger partial charge is 0.410 e. The minimum absolute atomic E-state index is 0.170. The Kier molecular flexibility index (Phi) is 4.08. The Balaban J connectivity index is 1.92. The summed E-state index contributed by atoms with van der Waals surface area (Å²) in [5.41, 5.74) is -0.558. The highest BCUT2D eigenvalue weighted by molar-refractivity contribution is 5.70. The molecule has 0 aromatic heterocycles. The van der Waals surface area contributed by atoms with Gasteiger partial charge in [0, 0.05) is 6.54 Å². The molecular formula is C13H22N2O5. The second-order valence-electron chi connectivity index (χ2n) is 6.16. The second kappa shape index (κ2) is 5.47. The van der Waals surface area contributed by atoms with Crippen LogP contribution in [-0.2, 0) is 9.47 Å². The number of rotatable bonds is 1. The van der Waals surface area contributed by atoms with Crippen molar-refractivity contribution >= 4 is 12.2 Å². The van der Waals surface area contributed by atoms with E-state index in [0.717, 1.165) is 0 Å². The van der Waals surface area contributed by atoms with Crippen LogP contribution in [0.3, 0.4) is 0 Å². The second-order valence-corrected chi connectivity index (χ2v) is 6.16. The van der Waals surface area contributed by atoms with E-state index < -0.39 is 17.8 Å². The number of aliphatic hydroxyl groups excluding tert-OH is 1. The van der Waals surface area contributed by atoms with Crippen LogP contribution in [0.5, 0.6) is 0 Å². The normalized spacial score (nSPS) is 27.5. The number of cyclic esters (lactones) is 1. The lowest BCUT2D eigenvalue weighted by atomic mass is 10.0. The summed E-state index contributed by atoms with van der Waals surface area (Å²) in [4.78, 5) is 26.5. The first-order valence-electron chi connectivity index (χ1n) is 6.87. The molecule has 2 aliphatic heterocycles. The van der Waals surface area contributed by atoms with Crippen molar-refractivity contribution in [2.24, 2.45) is 0 Å². The van der Waals surface area contributed by atoms with E-state index >= 15 is 0 Å². The maximum atomic E-state index is 11.9. The lowest BCUT2D eigenvalue weighted by molar-refractivity contribution is -0.0190. The molecule has 2 heterocycles. The molecule has 0 saturated carbocycles. The molecule has 0 radical (unpaired) electrons. The van der Waals surface area contributed by atoms with Crippen molar-refractivity contribution < 1.29 is 24.2 Å². The van der Waals surface area contributed by atoms with Crippen LogP contribution >= 0.6 is 0 Å². The van der Waals surface area contributed by atoms with E-state index in [1.807, 2.05) is 0 Å². The van der Waals surface area contributed by atoms with E-state index in [2.05, 4.69) is 0 Å². The number of β-amino-alcohol motifs (C(OH)–C–C–N with tert-alkyl or cyclic N) is 1. The monoisotopic (exact) mass is 286 g/mol. The molecule has 2 atom stereocenters. The average molecular weight is 286 g/mol. The minimum Gasteiger partial charge on any atom is -0.448 e. The molecule has 2 amide bonds. The third kappa shape index (κ3) is 3.33. The van der Waals surface area contributed by atoms with Gasteiger partial charge in [-0.25, -0.2) is 9.59 Å². The highest BCUT2D eigenvalue weighted by Gasteiger charge is 2.39. The Morgan fingerprint density at radius 1 is 1.40 bits per heavy atom. The number of hydrogen-bond acceptors (Lipinski definition) is 5. The van der Waals surface area contributed by atoms with Crippen molar-refractivity contribution in [1.82, 2.24) is 9.80 Å². The first-order chi connectivity index (χ1) is 9.28. The summed E-state index contributed by atoms with van der Waals surface area (Å²) >= 11 is 0. The van der Waals surface area contributed by atoms with Gasteiger partial charge >= 0.3 is 12.2 Å². The van der Waals surface area contributed by atoms with Crippen LogP contribution in [0.1, 0.15) is 27.2 Å². The molecular weight excluding hydrogens is 264 g/mol. The van der Waals surface area contributed by atoms with Gasteiger partial charge in [-0.3, -0.25) is 4.90 Å². The van der Waals surface area contributed by atoms with Gasteiger partial charge in [0.25, 0.3) is 0 Å². The fourth-order valence-electron chi connectivity index (χ4n) is 2.48. The first-order valence-corrected chi connectivity index (χ1v) is 6.87. The zero-order valence-electron chi connectivity index (χ0n) is 12.2. The highest BCUT2D eigenvalue weighted by atomic mass is 16.6. The van der Waals surface area contributed by atoms with Gasteiger partial charge < -0.3 is 19.5 Å². The Hall–Kier alpha value is -1.50. The van der Waals surface area contributed by atoms with Gasteiger partial charge in [-0.1, -0.05) is 0 Å². The van der Waals surface area contributed by atoms with E-state index in [9.17, 15) is 14.7 Å². The summed E-state index contributed by atoms with van der Waals surface area (Å²) in [5.74, 6) is 0. The Labute approximate surface area is 118 Å². The predicted molar refractivity (Wildman–Crippen MR) is 70.3 cm³/mol. The standard InChI is InChI=1S/C13H22N2O5/c1-13(2,3)20-11(17)14-5-4-9(10(16)8-14)15-6-7-19-12(15)18/h9-10,16H,4-8H2,1-3H3/t9-,10-/m0/s1. The lowest BCUT2D eigenvalue weighted by Gasteiger charge is -2.39. The predicted octanol–water partition coefficient (Wildman–Crippen LogP) is 0.809. The molecule has 2 rings (SSSR count). The topological polar surface area (TPSA) is 79.3 Å². The van der Waals surface area contributed by atoms with Gasteiger partial charge in [0.2, 0.25) is 0 Å². The number of carbonyl (C=O) groups excluding carboxylic acids is 2. The van der Waals surface area contributed by atoms with E-state index in [1.165, 1.54) is 9.80 Å². The van der Waals surface area contributed by atoms with Crippen LogP contribution in [0.25, 0.3) is 0 Å².